The number of carbonyl (C=O) groups is 1. The fourth-order valence-electron chi connectivity index (χ4n) is 2.40. The second kappa shape index (κ2) is 6.49. The highest BCUT2D eigenvalue weighted by molar-refractivity contribution is 6.36. The fraction of sp³-hybridized carbons (Fsp3) is 0.0556. The van der Waals surface area contributed by atoms with Gasteiger partial charge in [0.15, 0.2) is 0 Å². The van der Waals surface area contributed by atoms with Crippen LogP contribution in [-0.4, -0.2) is 13.0 Å². The summed E-state index contributed by atoms with van der Waals surface area (Å²) in [5.74, 6) is -0.0316. The maximum atomic E-state index is 12.5. The summed E-state index contributed by atoms with van der Waals surface area (Å²) in [5, 5.41) is 5.66. The third kappa shape index (κ3) is 3.26. The zero-order chi connectivity index (χ0) is 16.4. The van der Waals surface area contributed by atoms with Crippen molar-refractivity contribution >= 4 is 45.6 Å². The number of nitrogens with one attached hydrogen (secondary N) is 1. The van der Waals surface area contributed by atoms with Gasteiger partial charge in [-0.1, -0.05) is 53.5 Å². The van der Waals surface area contributed by atoms with Crippen LogP contribution < -0.4 is 10.1 Å². The molecule has 1 amide bonds. The number of hydrogen-bond donors (Lipinski definition) is 1. The van der Waals surface area contributed by atoms with Crippen LogP contribution >= 0.6 is 23.2 Å². The number of methoxy groups -OCH3 is 1. The Morgan fingerprint density at radius 1 is 1.00 bits per heavy atom. The molecule has 0 heterocycles. The summed E-state index contributed by atoms with van der Waals surface area (Å²) in [4.78, 5) is 12.5. The number of carbonyl (C=O) groups excluding carboxylic acids is 1. The van der Waals surface area contributed by atoms with Gasteiger partial charge in [0.05, 0.1) is 17.7 Å². The van der Waals surface area contributed by atoms with Gasteiger partial charge in [-0.25, -0.2) is 0 Å². The van der Waals surface area contributed by atoms with Gasteiger partial charge in [0.1, 0.15) is 5.75 Å². The number of hydrogen-bond acceptors (Lipinski definition) is 2. The van der Waals surface area contributed by atoms with Gasteiger partial charge in [-0.05, 0) is 35.0 Å². The van der Waals surface area contributed by atoms with Crippen molar-refractivity contribution in [2.45, 2.75) is 0 Å². The summed E-state index contributed by atoms with van der Waals surface area (Å²) in [6.45, 7) is 0. The zero-order valence-electron chi connectivity index (χ0n) is 12.3. The summed E-state index contributed by atoms with van der Waals surface area (Å²) in [6, 6.07) is 16.7. The van der Waals surface area contributed by atoms with E-state index in [0.29, 0.717) is 21.5 Å². The number of ether oxygens (including phenoxy) is 1. The summed E-state index contributed by atoms with van der Waals surface area (Å²) in [6.07, 6.45) is 0. The van der Waals surface area contributed by atoms with Gasteiger partial charge in [-0.3, -0.25) is 4.79 Å². The summed E-state index contributed by atoms with van der Waals surface area (Å²) in [5.41, 5.74) is 0.977. The fourth-order valence-corrected chi connectivity index (χ4v) is 2.97. The lowest BCUT2D eigenvalue weighted by Crippen LogP contribution is -2.13. The van der Waals surface area contributed by atoms with Crippen LogP contribution in [0.4, 0.5) is 5.69 Å². The lowest BCUT2D eigenvalue weighted by molar-refractivity contribution is 0.102. The highest BCUT2D eigenvalue weighted by atomic mass is 35.5. The normalized spacial score (nSPS) is 10.6. The number of halogens is 2. The molecule has 0 aliphatic rings. The lowest BCUT2D eigenvalue weighted by atomic mass is 10.1. The summed E-state index contributed by atoms with van der Waals surface area (Å²) in [7, 11) is 1.46. The molecule has 0 bridgehead atoms. The molecule has 0 unspecified atom stereocenters. The SMILES string of the molecule is COc1c(Cl)cc(Cl)cc1C(=O)Nc1ccc2ccccc2c1. The van der Waals surface area contributed by atoms with E-state index in [9.17, 15) is 4.79 Å². The van der Waals surface area contributed by atoms with Crippen LogP contribution in [0, 0.1) is 0 Å². The van der Waals surface area contributed by atoms with E-state index >= 15 is 0 Å². The summed E-state index contributed by atoms with van der Waals surface area (Å²) >= 11 is 12.1. The molecule has 0 saturated carbocycles. The van der Waals surface area contributed by atoms with Gasteiger partial charge in [0, 0.05) is 10.7 Å². The largest absolute Gasteiger partial charge is 0.494 e. The van der Waals surface area contributed by atoms with Crippen LogP contribution in [0.25, 0.3) is 10.8 Å². The van der Waals surface area contributed by atoms with Gasteiger partial charge in [-0.2, -0.15) is 0 Å². The summed E-state index contributed by atoms with van der Waals surface area (Å²) < 4.78 is 5.21. The third-order valence-corrected chi connectivity index (χ3v) is 3.96. The topological polar surface area (TPSA) is 38.3 Å². The van der Waals surface area contributed by atoms with Crippen molar-refractivity contribution in [3.63, 3.8) is 0 Å². The van der Waals surface area contributed by atoms with Crippen molar-refractivity contribution in [2.24, 2.45) is 0 Å². The predicted octanol–water partition coefficient (Wildman–Crippen LogP) is 5.41. The molecule has 23 heavy (non-hydrogen) atoms. The van der Waals surface area contributed by atoms with E-state index in [1.165, 1.54) is 19.2 Å². The molecule has 3 aromatic carbocycles. The van der Waals surface area contributed by atoms with E-state index in [1.807, 2.05) is 42.5 Å². The molecule has 0 atom stereocenters. The van der Waals surface area contributed by atoms with Crippen LogP contribution in [0.1, 0.15) is 10.4 Å². The first-order chi connectivity index (χ1) is 11.1. The van der Waals surface area contributed by atoms with E-state index in [2.05, 4.69) is 5.32 Å². The molecule has 5 heteroatoms. The van der Waals surface area contributed by atoms with E-state index in [4.69, 9.17) is 27.9 Å². The molecule has 1 N–H and O–H groups in total. The number of fused-ring (bicyclic) bond motifs is 1. The Hall–Kier alpha value is -2.23. The van der Waals surface area contributed by atoms with Crippen LogP contribution in [0.3, 0.4) is 0 Å². The Morgan fingerprint density at radius 3 is 2.48 bits per heavy atom. The molecular weight excluding hydrogens is 333 g/mol. The number of benzene rings is 3. The van der Waals surface area contributed by atoms with E-state index in [0.717, 1.165) is 10.8 Å². The monoisotopic (exact) mass is 345 g/mol. The third-order valence-electron chi connectivity index (χ3n) is 3.46. The first-order valence-corrected chi connectivity index (χ1v) is 7.67. The van der Waals surface area contributed by atoms with Crippen molar-refractivity contribution in [1.29, 1.82) is 0 Å². The minimum Gasteiger partial charge on any atom is -0.494 e. The molecule has 0 fully saturated rings. The minimum absolute atomic E-state index is 0.290. The van der Waals surface area contributed by atoms with E-state index in [-0.39, 0.29) is 11.5 Å². The van der Waals surface area contributed by atoms with Gasteiger partial charge >= 0.3 is 0 Å². The van der Waals surface area contributed by atoms with Crippen LogP contribution in [-0.2, 0) is 0 Å². The maximum absolute atomic E-state index is 12.5. The first-order valence-electron chi connectivity index (χ1n) is 6.91. The molecule has 3 rings (SSSR count). The highest BCUT2D eigenvalue weighted by Crippen LogP contribution is 2.32. The van der Waals surface area contributed by atoms with Crippen molar-refractivity contribution in [2.75, 3.05) is 12.4 Å². The molecule has 0 spiro atoms. The zero-order valence-corrected chi connectivity index (χ0v) is 13.8. The first kappa shape index (κ1) is 15.7. The Labute approximate surface area is 143 Å². The molecule has 0 aromatic heterocycles. The highest BCUT2D eigenvalue weighted by Gasteiger charge is 2.17. The Morgan fingerprint density at radius 2 is 1.74 bits per heavy atom. The molecule has 0 radical (unpaired) electrons. The van der Waals surface area contributed by atoms with Crippen molar-refractivity contribution in [3.05, 3.63) is 70.2 Å². The van der Waals surface area contributed by atoms with Crippen molar-refractivity contribution in [1.82, 2.24) is 0 Å². The molecule has 3 nitrogen and oxygen atoms in total. The van der Waals surface area contributed by atoms with Crippen molar-refractivity contribution < 1.29 is 9.53 Å². The van der Waals surface area contributed by atoms with Crippen LogP contribution in [0.5, 0.6) is 5.75 Å². The molecule has 0 aliphatic heterocycles. The molecule has 116 valence electrons. The Balaban J connectivity index is 1.94. The van der Waals surface area contributed by atoms with Gasteiger partial charge < -0.3 is 10.1 Å². The standard InChI is InChI=1S/C18H13Cl2NO2/c1-23-17-15(9-13(19)10-16(17)20)18(22)21-14-7-6-11-4-2-3-5-12(11)8-14/h2-10H,1H3,(H,21,22). The Bertz CT molecular complexity index is 893. The van der Waals surface area contributed by atoms with Gasteiger partial charge in [0.2, 0.25) is 0 Å². The molecule has 0 saturated heterocycles. The van der Waals surface area contributed by atoms with Gasteiger partial charge in [-0.15, -0.1) is 0 Å². The van der Waals surface area contributed by atoms with Crippen LogP contribution in [0.15, 0.2) is 54.6 Å². The Kier molecular flexibility index (Phi) is 4.42. The molecular formula is C18H13Cl2NO2. The van der Waals surface area contributed by atoms with Crippen LogP contribution in [0.2, 0.25) is 10.0 Å². The van der Waals surface area contributed by atoms with Gasteiger partial charge in [0.25, 0.3) is 5.91 Å². The quantitative estimate of drug-likeness (QED) is 0.689. The predicted molar refractivity (Wildman–Crippen MR) is 94.9 cm³/mol. The number of amides is 1. The number of anilines is 1. The average molecular weight is 346 g/mol. The molecule has 3 aromatic rings. The van der Waals surface area contributed by atoms with E-state index < -0.39 is 0 Å². The molecule has 0 aliphatic carbocycles. The second-order valence-corrected chi connectivity index (χ2v) is 5.83. The smallest absolute Gasteiger partial charge is 0.259 e. The maximum Gasteiger partial charge on any atom is 0.259 e. The minimum atomic E-state index is -0.332. The van der Waals surface area contributed by atoms with Crippen molar-refractivity contribution in [3.8, 4) is 5.75 Å². The number of rotatable bonds is 3. The second-order valence-electron chi connectivity index (χ2n) is 4.98. The average Bonchev–Trinajstić information content (AvgIpc) is 2.54. The lowest BCUT2D eigenvalue weighted by Gasteiger charge is -2.12. The van der Waals surface area contributed by atoms with E-state index in [1.54, 1.807) is 0 Å².